The summed E-state index contributed by atoms with van der Waals surface area (Å²) in [6.07, 6.45) is -2.81. The number of hydrogen-bond donors (Lipinski definition) is 4. The maximum absolute atomic E-state index is 12.9. The second-order valence-electron chi connectivity index (χ2n) is 8.54. The van der Waals surface area contributed by atoms with Gasteiger partial charge < -0.3 is 21.3 Å². The number of anilines is 2. The summed E-state index contributed by atoms with van der Waals surface area (Å²) in [6, 6.07) is 5.95. The first kappa shape index (κ1) is 25.3. The van der Waals surface area contributed by atoms with Crippen molar-refractivity contribution in [2.24, 2.45) is 4.99 Å². The SMILES string of the molecule is CC(C)(O)CCN=Cc1cc(NC(=O)c2cccc(C(F)(F)F)n2)c(C(C)(C)O)cc1N. The molecule has 174 valence electrons. The molecule has 0 unspecified atom stereocenters. The maximum atomic E-state index is 12.9. The molecule has 0 aliphatic carbocycles. The highest BCUT2D eigenvalue weighted by atomic mass is 19.4. The van der Waals surface area contributed by atoms with Gasteiger partial charge in [-0.05, 0) is 58.4 Å². The lowest BCUT2D eigenvalue weighted by atomic mass is 9.94. The van der Waals surface area contributed by atoms with E-state index < -0.39 is 34.7 Å². The first-order valence-corrected chi connectivity index (χ1v) is 9.82. The van der Waals surface area contributed by atoms with E-state index >= 15 is 0 Å². The minimum absolute atomic E-state index is 0.153. The molecule has 1 heterocycles. The molecule has 0 saturated heterocycles. The van der Waals surface area contributed by atoms with Crippen LogP contribution in [0.3, 0.4) is 0 Å². The number of benzene rings is 1. The molecule has 0 saturated carbocycles. The normalized spacial score (nSPS) is 12.9. The Hall–Kier alpha value is -2.98. The number of aromatic nitrogens is 1. The topological polar surface area (TPSA) is 121 Å². The third kappa shape index (κ3) is 7.03. The number of aliphatic hydroxyl groups is 2. The number of amides is 1. The number of rotatable bonds is 7. The monoisotopic (exact) mass is 452 g/mol. The van der Waals surface area contributed by atoms with Gasteiger partial charge in [-0.15, -0.1) is 0 Å². The molecule has 32 heavy (non-hydrogen) atoms. The Kier molecular flexibility index (Phi) is 7.31. The molecule has 0 bridgehead atoms. The lowest BCUT2D eigenvalue weighted by Gasteiger charge is -2.23. The highest BCUT2D eigenvalue weighted by Gasteiger charge is 2.33. The fourth-order valence-corrected chi connectivity index (χ4v) is 2.76. The smallest absolute Gasteiger partial charge is 0.398 e. The van der Waals surface area contributed by atoms with Crippen molar-refractivity contribution >= 4 is 23.5 Å². The highest BCUT2D eigenvalue weighted by Crippen LogP contribution is 2.32. The van der Waals surface area contributed by atoms with Gasteiger partial charge in [0.15, 0.2) is 0 Å². The van der Waals surface area contributed by atoms with Crippen LogP contribution in [-0.4, -0.2) is 39.5 Å². The zero-order valence-electron chi connectivity index (χ0n) is 18.3. The molecule has 1 aromatic carbocycles. The van der Waals surface area contributed by atoms with Gasteiger partial charge in [0.2, 0.25) is 0 Å². The number of aliphatic imine (C=N–C) groups is 1. The quantitative estimate of drug-likeness (QED) is 0.377. The van der Waals surface area contributed by atoms with E-state index in [2.05, 4.69) is 15.3 Å². The Labute approximate surface area is 184 Å². The Bertz CT molecular complexity index is 1010. The van der Waals surface area contributed by atoms with Gasteiger partial charge in [0.1, 0.15) is 11.4 Å². The Balaban J connectivity index is 2.38. The number of carbonyl (C=O) groups excluding carboxylic acids is 1. The van der Waals surface area contributed by atoms with Gasteiger partial charge in [-0.3, -0.25) is 9.79 Å². The predicted octanol–water partition coefficient (Wildman–Crippen LogP) is 3.74. The van der Waals surface area contributed by atoms with Crippen molar-refractivity contribution in [3.63, 3.8) is 0 Å². The van der Waals surface area contributed by atoms with Crippen molar-refractivity contribution < 1.29 is 28.2 Å². The highest BCUT2D eigenvalue weighted by molar-refractivity contribution is 6.04. The molecule has 0 spiro atoms. The molecular formula is C22H27F3N4O3. The Morgan fingerprint density at radius 2 is 1.84 bits per heavy atom. The molecule has 2 aromatic rings. The summed E-state index contributed by atoms with van der Waals surface area (Å²) < 4.78 is 38.8. The van der Waals surface area contributed by atoms with E-state index in [1.807, 2.05) is 0 Å². The van der Waals surface area contributed by atoms with Crippen molar-refractivity contribution in [2.45, 2.75) is 51.5 Å². The van der Waals surface area contributed by atoms with Crippen LogP contribution in [-0.2, 0) is 11.8 Å². The Morgan fingerprint density at radius 3 is 2.41 bits per heavy atom. The summed E-state index contributed by atoms with van der Waals surface area (Å²) in [5, 5.41) is 22.8. The average Bonchev–Trinajstić information content (AvgIpc) is 2.65. The molecule has 0 fully saturated rings. The summed E-state index contributed by atoms with van der Waals surface area (Å²) in [6.45, 7) is 6.61. The van der Waals surface area contributed by atoms with E-state index in [0.29, 0.717) is 18.5 Å². The third-order valence-electron chi connectivity index (χ3n) is 4.49. The van der Waals surface area contributed by atoms with E-state index in [4.69, 9.17) is 5.73 Å². The first-order chi connectivity index (χ1) is 14.6. The molecule has 0 aliphatic heterocycles. The van der Waals surface area contributed by atoms with Crippen molar-refractivity contribution in [2.75, 3.05) is 17.6 Å². The summed E-state index contributed by atoms with van der Waals surface area (Å²) in [5.74, 6) is -0.878. The van der Waals surface area contributed by atoms with Gasteiger partial charge in [-0.1, -0.05) is 6.07 Å². The minimum Gasteiger partial charge on any atom is -0.398 e. The third-order valence-corrected chi connectivity index (χ3v) is 4.49. The maximum Gasteiger partial charge on any atom is 0.433 e. The molecule has 0 radical (unpaired) electrons. The number of nitrogens with one attached hydrogen (secondary N) is 1. The summed E-state index contributed by atoms with van der Waals surface area (Å²) >= 11 is 0. The summed E-state index contributed by atoms with van der Waals surface area (Å²) in [4.78, 5) is 20.2. The fraction of sp³-hybridized carbons (Fsp3) is 0.409. The molecule has 5 N–H and O–H groups in total. The van der Waals surface area contributed by atoms with Crippen LogP contribution in [0, 0.1) is 0 Å². The van der Waals surface area contributed by atoms with Crippen molar-refractivity contribution in [3.8, 4) is 0 Å². The molecule has 0 atom stereocenters. The van der Waals surface area contributed by atoms with Gasteiger partial charge in [0, 0.05) is 35.3 Å². The van der Waals surface area contributed by atoms with E-state index in [-0.39, 0.29) is 16.9 Å². The first-order valence-electron chi connectivity index (χ1n) is 9.82. The van der Waals surface area contributed by atoms with Crippen molar-refractivity contribution in [1.29, 1.82) is 0 Å². The van der Waals surface area contributed by atoms with E-state index in [0.717, 1.165) is 18.2 Å². The number of alkyl halides is 3. The van der Waals surface area contributed by atoms with Gasteiger partial charge in [0.05, 0.1) is 11.2 Å². The number of halogens is 3. The summed E-state index contributed by atoms with van der Waals surface area (Å²) in [7, 11) is 0. The number of carbonyl (C=O) groups is 1. The molecule has 0 aliphatic rings. The average molecular weight is 452 g/mol. The van der Waals surface area contributed by atoms with Crippen LogP contribution in [0.25, 0.3) is 0 Å². The second-order valence-corrected chi connectivity index (χ2v) is 8.54. The minimum atomic E-state index is -4.69. The largest absolute Gasteiger partial charge is 0.433 e. The van der Waals surface area contributed by atoms with E-state index in [9.17, 15) is 28.2 Å². The lowest BCUT2D eigenvalue weighted by Crippen LogP contribution is -2.23. The molecular weight excluding hydrogens is 425 g/mol. The number of nitrogens with zero attached hydrogens (tertiary/aromatic N) is 2. The van der Waals surface area contributed by atoms with Crippen LogP contribution in [0.1, 0.15) is 61.4 Å². The number of nitrogens with two attached hydrogens (primary N) is 1. The molecule has 7 nitrogen and oxygen atoms in total. The van der Waals surface area contributed by atoms with Gasteiger partial charge in [0.25, 0.3) is 5.91 Å². The predicted molar refractivity (Wildman–Crippen MR) is 117 cm³/mol. The van der Waals surface area contributed by atoms with Crippen LogP contribution in [0.4, 0.5) is 24.5 Å². The molecule has 1 aromatic heterocycles. The van der Waals surface area contributed by atoms with Gasteiger partial charge in [-0.2, -0.15) is 13.2 Å². The lowest BCUT2D eigenvalue weighted by molar-refractivity contribution is -0.141. The standard InChI is InChI=1S/C22H27F3N4O3/c1-20(2,31)8-9-27-12-13-10-17(14(11-15(13)26)21(3,4)32)29-19(30)16-6-5-7-18(28-16)22(23,24)25/h5-7,10-12,31-32H,8-9,26H2,1-4H3,(H,29,30). The van der Waals surface area contributed by atoms with E-state index in [1.54, 1.807) is 13.8 Å². The van der Waals surface area contributed by atoms with Crippen LogP contribution in [0.15, 0.2) is 35.3 Å². The van der Waals surface area contributed by atoms with Gasteiger partial charge in [-0.25, -0.2) is 4.98 Å². The molecule has 2 rings (SSSR count). The summed E-state index contributed by atoms with van der Waals surface area (Å²) in [5.41, 5.74) is 3.28. The van der Waals surface area contributed by atoms with E-state index in [1.165, 1.54) is 32.2 Å². The zero-order valence-corrected chi connectivity index (χ0v) is 18.3. The fourth-order valence-electron chi connectivity index (χ4n) is 2.76. The van der Waals surface area contributed by atoms with Crippen LogP contribution in [0.5, 0.6) is 0 Å². The molecule has 1 amide bonds. The zero-order chi connectivity index (χ0) is 24.3. The number of pyridine rings is 1. The number of nitrogen functional groups attached to an aromatic ring is 1. The Morgan fingerprint density at radius 1 is 1.19 bits per heavy atom. The number of hydrogen-bond acceptors (Lipinski definition) is 6. The van der Waals surface area contributed by atoms with Crippen LogP contribution >= 0.6 is 0 Å². The van der Waals surface area contributed by atoms with Crippen LogP contribution < -0.4 is 11.1 Å². The van der Waals surface area contributed by atoms with Crippen molar-refractivity contribution in [1.82, 2.24) is 4.98 Å². The molecule has 10 heteroatoms. The van der Waals surface area contributed by atoms with Gasteiger partial charge >= 0.3 is 6.18 Å². The van der Waals surface area contributed by atoms with Crippen LogP contribution in [0.2, 0.25) is 0 Å². The van der Waals surface area contributed by atoms with Crippen molar-refractivity contribution in [3.05, 3.63) is 52.8 Å². The second kappa shape index (κ2) is 9.25.